The zero-order valence-electron chi connectivity index (χ0n) is 14.8. The van der Waals surface area contributed by atoms with Gasteiger partial charge in [0, 0.05) is 26.2 Å². The molecule has 0 aromatic carbocycles. The Bertz CT molecular complexity index is 632. The lowest BCUT2D eigenvalue weighted by molar-refractivity contribution is -0.137. The molecule has 3 saturated heterocycles. The Morgan fingerprint density at radius 3 is 2.16 bits per heavy atom. The first kappa shape index (κ1) is 18.4. The molecule has 0 N–H and O–H groups in total. The number of morpholine rings is 1. The third-order valence-corrected chi connectivity index (χ3v) is 6.67. The summed E-state index contributed by atoms with van der Waals surface area (Å²) >= 11 is 0. The van der Waals surface area contributed by atoms with Gasteiger partial charge in [-0.3, -0.25) is 4.79 Å². The SMILES string of the molecule is CN(C)CC(=O)N1CCN(C(=O)N2CCOCC2)[C@@H]2CS(=O)(=O)C[C@@H]21. The fraction of sp³-hybridized carbons (Fsp3) is 0.867. The van der Waals surface area contributed by atoms with Crippen LogP contribution in [0, 0.1) is 0 Å². The molecule has 3 fully saturated rings. The minimum Gasteiger partial charge on any atom is -0.378 e. The van der Waals surface area contributed by atoms with Crippen LogP contribution in [-0.4, -0.2) is 124 Å². The van der Waals surface area contributed by atoms with Crippen molar-refractivity contribution in [3.05, 3.63) is 0 Å². The molecule has 9 nitrogen and oxygen atoms in total. The van der Waals surface area contributed by atoms with Gasteiger partial charge < -0.3 is 24.3 Å². The zero-order valence-corrected chi connectivity index (χ0v) is 15.6. The van der Waals surface area contributed by atoms with Crippen LogP contribution in [0.2, 0.25) is 0 Å². The zero-order chi connectivity index (χ0) is 18.2. The van der Waals surface area contributed by atoms with Gasteiger partial charge >= 0.3 is 6.03 Å². The molecule has 25 heavy (non-hydrogen) atoms. The first-order valence-electron chi connectivity index (χ1n) is 8.56. The minimum atomic E-state index is -3.27. The van der Waals surface area contributed by atoms with Crippen molar-refractivity contribution in [1.82, 2.24) is 19.6 Å². The highest BCUT2D eigenvalue weighted by atomic mass is 32.2. The number of rotatable bonds is 2. The summed E-state index contributed by atoms with van der Waals surface area (Å²) < 4.78 is 29.7. The second-order valence-electron chi connectivity index (χ2n) is 7.11. The van der Waals surface area contributed by atoms with E-state index in [4.69, 9.17) is 4.74 Å². The van der Waals surface area contributed by atoms with E-state index < -0.39 is 21.9 Å². The highest BCUT2D eigenvalue weighted by Gasteiger charge is 2.50. The topological polar surface area (TPSA) is 90.5 Å². The average Bonchev–Trinajstić information content (AvgIpc) is 2.88. The van der Waals surface area contributed by atoms with Crippen molar-refractivity contribution in [3.8, 4) is 0 Å². The number of hydrogen-bond donors (Lipinski definition) is 0. The van der Waals surface area contributed by atoms with Crippen molar-refractivity contribution in [3.63, 3.8) is 0 Å². The van der Waals surface area contributed by atoms with Crippen LogP contribution in [0.25, 0.3) is 0 Å². The van der Waals surface area contributed by atoms with E-state index in [0.29, 0.717) is 39.4 Å². The summed E-state index contributed by atoms with van der Waals surface area (Å²) in [7, 11) is 0.344. The predicted octanol–water partition coefficient (Wildman–Crippen LogP) is -1.69. The molecule has 10 heteroatoms. The van der Waals surface area contributed by atoms with Crippen LogP contribution in [0.3, 0.4) is 0 Å². The van der Waals surface area contributed by atoms with E-state index in [1.807, 2.05) is 0 Å². The third-order valence-electron chi connectivity index (χ3n) is 4.98. The lowest BCUT2D eigenvalue weighted by Crippen LogP contribution is -2.65. The van der Waals surface area contributed by atoms with Gasteiger partial charge in [0.2, 0.25) is 5.91 Å². The largest absolute Gasteiger partial charge is 0.378 e. The van der Waals surface area contributed by atoms with Crippen molar-refractivity contribution in [1.29, 1.82) is 0 Å². The van der Waals surface area contributed by atoms with E-state index >= 15 is 0 Å². The van der Waals surface area contributed by atoms with Gasteiger partial charge in [-0.2, -0.15) is 0 Å². The van der Waals surface area contributed by atoms with E-state index in [1.54, 1.807) is 33.7 Å². The highest BCUT2D eigenvalue weighted by Crippen LogP contribution is 2.28. The molecule has 3 rings (SSSR count). The molecule has 0 spiro atoms. The first-order chi connectivity index (χ1) is 11.8. The summed E-state index contributed by atoms with van der Waals surface area (Å²) in [5, 5.41) is 0. The van der Waals surface area contributed by atoms with Crippen molar-refractivity contribution in [2.75, 3.05) is 71.5 Å². The summed E-state index contributed by atoms with van der Waals surface area (Å²) in [6.45, 7) is 3.01. The second kappa shape index (κ2) is 7.08. The average molecular weight is 374 g/mol. The summed E-state index contributed by atoms with van der Waals surface area (Å²) in [4.78, 5) is 32.1. The molecule has 0 aliphatic carbocycles. The number of carbonyl (C=O) groups excluding carboxylic acids is 2. The van der Waals surface area contributed by atoms with E-state index in [-0.39, 0.29) is 30.0 Å². The minimum absolute atomic E-state index is 0.0657. The van der Waals surface area contributed by atoms with Gasteiger partial charge in [0.05, 0.1) is 43.3 Å². The fourth-order valence-corrected chi connectivity index (χ4v) is 5.78. The van der Waals surface area contributed by atoms with Gasteiger partial charge in [-0.05, 0) is 14.1 Å². The first-order valence-corrected chi connectivity index (χ1v) is 10.4. The number of fused-ring (bicyclic) bond motifs is 1. The molecule has 0 radical (unpaired) electrons. The van der Waals surface area contributed by atoms with Gasteiger partial charge in [0.25, 0.3) is 0 Å². The summed E-state index contributed by atoms with van der Waals surface area (Å²) in [5.41, 5.74) is 0. The molecule has 3 aliphatic rings. The number of carbonyl (C=O) groups is 2. The van der Waals surface area contributed by atoms with Crippen LogP contribution in [0.15, 0.2) is 0 Å². The number of nitrogens with zero attached hydrogens (tertiary/aromatic N) is 4. The Morgan fingerprint density at radius 2 is 1.56 bits per heavy atom. The van der Waals surface area contributed by atoms with Crippen molar-refractivity contribution < 1.29 is 22.7 Å². The van der Waals surface area contributed by atoms with E-state index in [9.17, 15) is 18.0 Å². The lowest BCUT2D eigenvalue weighted by atomic mass is 10.0. The number of ether oxygens (including phenoxy) is 1. The lowest BCUT2D eigenvalue weighted by Gasteiger charge is -2.45. The van der Waals surface area contributed by atoms with Crippen LogP contribution in [0.1, 0.15) is 0 Å². The molecule has 0 aromatic heterocycles. The van der Waals surface area contributed by atoms with Crippen molar-refractivity contribution >= 4 is 21.8 Å². The van der Waals surface area contributed by atoms with Crippen LogP contribution < -0.4 is 0 Å². The summed E-state index contributed by atoms with van der Waals surface area (Å²) in [5.74, 6) is -0.223. The maximum atomic E-state index is 12.9. The molecule has 3 heterocycles. The molecule has 3 aliphatic heterocycles. The Morgan fingerprint density at radius 1 is 1.00 bits per heavy atom. The maximum absolute atomic E-state index is 12.9. The molecular formula is C15H26N4O5S. The maximum Gasteiger partial charge on any atom is 0.320 e. The highest BCUT2D eigenvalue weighted by molar-refractivity contribution is 7.91. The van der Waals surface area contributed by atoms with Crippen LogP contribution >= 0.6 is 0 Å². The quantitative estimate of drug-likeness (QED) is 0.573. The smallest absolute Gasteiger partial charge is 0.320 e. The number of amides is 3. The van der Waals surface area contributed by atoms with Gasteiger partial charge in [-0.25, -0.2) is 13.2 Å². The van der Waals surface area contributed by atoms with Gasteiger partial charge in [0.1, 0.15) is 0 Å². The predicted molar refractivity (Wildman–Crippen MR) is 91.0 cm³/mol. The van der Waals surface area contributed by atoms with Crippen LogP contribution in [0.5, 0.6) is 0 Å². The molecule has 3 amide bonds. The van der Waals surface area contributed by atoms with Crippen molar-refractivity contribution in [2.45, 2.75) is 12.1 Å². The fourth-order valence-electron chi connectivity index (χ4n) is 3.80. The van der Waals surface area contributed by atoms with Crippen LogP contribution in [-0.2, 0) is 19.4 Å². The Kier molecular flexibility index (Phi) is 5.21. The molecule has 142 valence electrons. The van der Waals surface area contributed by atoms with Crippen molar-refractivity contribution in [2.24, 2.45) is 0 Å². The van der Waals surface area contributed by atoms with Crippen LogP contribution in [0.4, 0.5) is 4.79 Å². The normalized spacial score (nSPS) is 29.0. The number of urea groups is 1. The van der Waals surface area contributed by atoms with Gasteiger partial charge in [-0.15, -0.1) is 0 Å². The number of sulfone groups is 1. The second-order valence-corrected chi connectivity index (χ2v) is 9.27. The number of hydrogen-bond acceptors (Lipinski definition) is 6. The number of piperazine rings is 1. The Hall–Kier alpha value is -1.39. The molecular weight excluding hydrogens is 348 g/mol. The van der Waals surface area contributed by atoms with E-state index in [2.05, 4.69) is 0 Å². The standard InChI is InChI=1S/C15H26N4O5S/c1-16(2)9-14(20)18-3-4-19(13-11-25(22,23)10-12(13)18)15(21)17-5-7-24-8-6-17/h12-13H,3-11H2,1-2H3/t12-,13+/m0/s1. The van der Waals surface area contributed by atoms with E-state index in [0.717, 1.165) is 0 Å². The summed E-state index contributed by atoms with van der Waals surface area (Å²) in [6.07, 6.45) is 0. The number of likely N-dealkylation sites (N-methyl/N-ethyl adjacent to an activating group) is 1. The molecule has 0 saturated carbocycles. The molecule has 0 bridgehead atoms. The summed E-state index contributed by atoms with van der Waals surface area (Å²) in [6, 6.07) is -1.05. The monoisotopic (exact) mass is 374 g/mol. The molecule has 0 aromatic rings. The Labute approximate surface area is 148 Å². The van der Waals surface area contributed by atoms with Gasteiger partial charge in [-0.1, -0.05) is 0 Å². The molecule has 0 unspecified atom stereocenters. The van der Waals surface area contributed by atoms with Gasteiger partial charge in [0.15, 0.2) is 9.84 Å². The third kappa shape index (κ3) is 3.90. The van der Waals surface area contributed by atoms with E-state index in [1.165, 1.54) is 0 Å². The Balaban J connectivity index is 1.78. The molecule has 2 atom stereocenters.